The summed E-state index contributed by atoms with van der Waals surface area (Å²) in [7, 11) is 3.69. The Morgan fingerprint density at radius 2 is 1.79 bits per heavy atom. The number of hydrogen-bond donors (Lipinski definition) is 0. The molecule has 8 atom stereocenters. The molecule has 2 aromatic heterocycles. The minimum absolute atomic E-state index is 0.00734. The fourth-order valence-electron chi connectivity index (χ4n) is 12.2. The van der Waals surface area contributed by atoms with Gasteiger partial charge in [-0.3, -0.25) is 4.79 Å². The lowest BCUT2D eigenvalue weighted by atomic mass is 9.33. The minimum Gasteiger partial charge on any atom is -0.469 e. The lowest BCUT2D eigenvalue weighted by Crippen LogP contribution is -2.64. The number of carbonyl (C=O) groups is 2. The largest absolute Gasteiger partial charge is 0.469 e. The third kappa shape index (κ3) is 3.80. The number of para-hydroxylation sites is 2. The molecule has 0 radical (unpaired) electrons. The number of hydrogen-bond acceptors (Lipinski definition) is 6. The smallest absolute Gasteiger partial charge is 0.340 e. The number of rotatable bonds is 4. The molecule has 6 aliphatic carbocycles. The van der Waals surface area contributed by atoms with Crippen molar-refractivity contribution < 1.29 is 19.1 Å². The maximum atomic E-state index is 13.8. The van der Waals surface area contributed by atoms with Crippen LogP contribution < -0.4 is 0 Å². The average Bonchev–Trinajstić information content (AvgIpc) is 3.32. The fraction of sp³-hybridized carbons (Fsp3) is 0.600. The molecule has 2 bridgehead atoms. The molecule has 2 heterocycles. The molecule has 1 aromatic carbocycles. The molecule has 1 spiro atoms. The zero-order valence-corrected chi connectivity index (χ0v) is 29.3. The summed E-state index contributed by atoms with van der Waals surface area (Å²) in [4.78, 5) is 38.1. The summed E-state index contributed by atoms with van der Waals surface area (Å²) in [6, 6.07) is 8.15. The maximum Gasteiger partial charge on any atom is 0.340 e. The SMILES string of the molecule is CCOC(=O)c1c2c(n(C)c1C)[C@H]1[C@@H](c3nc4ccccc4nc3-2)[C@@]23C=C(C(C)C)[C@@H]1C[C@@H]2[C@@]1(C)CCC[C@@](C)(C(=O)OC)[C@@H]1CC3. The van der Waals surface area contributed by atoms with E-state index in [-0.39, 0.29) is 40.5 Å². The number of methoxy groups -OCH3 is 1. The highest BCUT2D eigenvalue weighted by atomic mass is 16.5. The van der Waals surface area contributed by atoms with Gasteiger partial charge in [0, 0.05) is 41.2 Å². The third-order valence-corrected chi connectivity index (χ3v) is 14.0. The molecular formula is C40H49N3O4. The van der Waals surface area contributed by atoms with Gasteiger partial charge in [-0.2, -0.15) is 0 Å². The monoisotopic (exact) mass is 635 g/mol. The van der Waals surface area contributed by atoms with Gasteiger partial charge in [-0.15, -0.1) is 0 Å². The molecule has 7 heteroatoms. The molecule has 0 unspecified atom stereocenters. The molecule has 7 nitrogen and oxygen atoms in total. The molecule has 0 saturated heterocycles. The number of ether oxygens (including phenoxy) is 2. The number of nitrogens with zero attached hydrogens (tertiary/aromatic N) is 3. The zero-order valence-electron chi connectivity index (χ0n) is 29.3. The lowest BCUT2D eigenvalue weighted by molar-refractivity contribution is -0.188. The number of esters is 2. The van der Waals surface area contributed by atoms with Crippen molar-refractivity contribution in [2.75, 3.05) is 13.7 Å². The molecule has 47 heavy (non-hydrogen) atoms. The molecule has 0 amide bonds. The van der Waals surface area contributed by atoms with Gasteiger partial charge >= 0.3 is 11.9 Å². The molecule has 0 aliphatic heterocycles. The molecule has 3 saturated carbocycles. The van der Waals surface area contributed by atoms with Gasteiger partial charge in [0.25, 0.3) is 0 Å². The van der Waals surface area contributed by atoms with Crippen LogP contribution in [-0.2, 0) is 21.3 Å². The summed E-state index contributed by atoms with van der Waals surface area (Å²) < 4.78 is 13.5. The van der Waals surface area contributed by atoms with Crippen molar-refractivity contribution in [3.8, 4) is 11.3 Å². The topological polar surface area (TPSA) is 83.3 Å². The normalized spacial score (nSPS) is 34.9. The van der Waals surface area contributed by atoms with Crippen LogP contribution in [0.25, 0.3) is 22.3 Å². The summed E-state index contributed by atoms with van der Waals surface area (Å²) in [5, 5.41) is 0. The summed E-state index contributed by atoms with van der Waals surface area (Å²) >= 11 is 0. The van der Waals surface area contributed by atoms with E-state index in [0.717, 1.165) is 72.2 Å². The van der Waals surface area contributed by atoms with Crippen LogP contribution in [0.15, 0.2) is 35.9 Å². The first-order chi connectivity index (χ1) is 22.4. The Morgan fingerprint density at radius 1 is 1.06 bits per heavy atom. The minimum atomic E-state index is -0.471. The zero-order chi connectivity index (χ0) is 33.2. The summed E-state index contributed by atoms with van der Waals surface area (Å²) in [5.74, 6) is 1.36. The second kappa shape index (κ2) is 10.3. The fourth-order valence-corrected chi connectivity index (χ4v) is 12.2. The van der Waals surface area contributed by atoms with Crippen molar-refractivity contribution in [3.63, 3.8) is 0 Å². The van der Waals surface area contributed by atoms with E-state index in [1.165, 1.54) is 5.69 Å². The van der Waals surface area contributed by atoms with E-state index in [9.17, 15) is 9.59 Å². The van der Waals surface area contributed by atoms with Crippen molar-refractivity contribution in [3.05, 3.63) is 58.6 Å². The maximum absolute atomic E-state index is 13.8. The molecular weight excluding hydrogens is 586 g/mol. The van der Waals surface area contributed by atoms with Crippen LogP contribution in [-0.4, -0.2) is 40.2 Å². The Hall–Kier alpha value is -3.48. The Balaban J connectivity index is 1.42. The van der Waals surface area contributed by atoms with Crippen LogP contribution in [0, 0.1) is 46.8 Å². The Morgan fingerprint density at radius 3 is 2.47 bits per heavy atom. The van der Waals surface area contributed by atoms with Gasteiger partial charge in [0.15, 0.2) is 0 Å². The molecule has 3 fully saturated rings. The third-order valence-electron chi connectivity index (χ3n) is 14.0. The molecule has 6 aliphatic rings. The van der Waals surface area contributed by atoms with Gasteiger partial charge in [0.2, 0.25) is 0 Å². The van der Waals surface area contributed by atoms with Gasteiger partial charge in [0.1, 0.15) is 0 Å². The van der Waals surface area contributed by atoms with E-state index in [2.05, 4.69) is 58.4 Å². The van der Waals surface area contributed by atoms with Crippen molar-refractivity contribution in [2.45, 2.75) is 91.9 Å². The van der Waals surface area contributed by atoms with E-state index < -0.39 is 5.41 Å². The van der Waals surface area contributed by atoms with Crippen molar-refractivity contribution in [1.82, 2.24) is 14.5 Å². The number of aromatic nitrogens is 3. The van der Waals surface area contributed by atoms with Crippen LogP contribution in [0.4, 0.5) is 0 Å². The van der Waals surface area contributed by atoms with Crippen LogP contribution >= 0.6 is 0 Å². The summed E-state index contributed by atoms with van der Waals surface area (Å²) in [6.45, 7) is 13.6. The first-order valence-corrected chi connectivity index (χ1v) is 17.9. The van der Waals surface area contributed by atoms with Crippen LogP contribution in [0.2, 0.25) is 0 Å². The van der Waals surface area contributed by atoms with Gasteiger partial charge < -0.3 is 14.0 Å². The number of allylic oxidation sites excluding steroid dienone is 2. The first kappa shape index (κ1) is 30.8. The highest BCUT2D eigenvalue weighted by Crippen LogP contribution is 2.78. The van der Waals surface area contributed by atoms with Crippen molar-refractivity contribution in [1.29, 1.82) is 0 Å². The number of carbonyl (C=O) groups excluding carboxylic acids is 2. The van der Waals surface area contributed by atoms with Gasteiger partial charge in [-0.25, -0.2) is 14.8 Å². The predicted molar refractivity (Wildman–Crippen MR) is 182 cm³/mol. The Bertz CT molecular complexity index is 1870. The Kier molecular flexibility index (Phi) is 6.73. The quantitative estimate of drug-likeness (QED) is 0.212. The highest BCUT2D eigenvalue weighted by molar-refractivity contribution is 6.01. The van der Waals surface area contributed by atoms with E-state index in [1.807, 2.05) is 25.1 Å². The van der Waals surface area contributed by atoms with E-state index in [4.69, 9.17) is 19.4 Å². The molecule has 0 N–H and O–H groups in total. The molecule has 3 aromatic rings. The first-order valence-electron chi connectivity index (χ1n) is 17.9. The molecule has 9 rings (SSSR count). The number of benzene rings is 1. The van der Waals surface area contributed by atoms with Crippen LogP contribution in [0.3, 0.4) is 0 Å². The van der Waals surface area contributed by atoms with Crippen molar-refractivity contribution >= 4 is 23.0 Å². The van der Waals surface area contributed by atoms with Crippen LogP contribution in [0.5, 0.6) is 0 Å². The standard InChI is InChI=1S/C40H49N3O4/c1-9-47-36(44)29-22(4)43(7)35-30-23-19-28-38(5)16-12-17-39(6,37(45)46-8)27(38)15-18-40(28,20-24(23)21(2)3)32(30)34-33(31(29)35)41-25-13-10-11-14-26(25)42-34/h10-11,13-14,20-21,23,27-28,30,32H,9,12,15-19H2,1-8H3/t23-,27+,28+,30+,32-,38-,39+,40-/m0/s1. The van der Waals surface area contributed by atoms with Gasteiger partial charge in [-0.05, 0) is 94.1 Å². The average molecular weight is 636 g/mol. The Labute approximate surface area is 278 Å². The van der Waals surface area contributed by atoms with E-state index in [0.29, 0.717) is 29.9 Å². The lowest BCUT2D eigenvalue weighted by Gasteiger charge is -2.70. The van der Waals surface area contributed by atoms with Gasteiger partial charge in [-0.1, -0.05) is 51.0 Å². The van der Waals surface area contributed by atoms with E-state index in [1.54, 1.807) is 12.7 Å². The van der Waals surface area contributed by atoms with Gasteiger partial charge in [0.05, 0.1) is 47.1 Å². The second-order valence-corrected chi connectivity index (χ2v) is 16.1. The van der Waals surface area contributed by atoms with Crippen LogP contribution in [0.1, 0.15) is 112 Å². The number of fused-ring (bicyclic) bond motifs is 5. The van der Waals surface area contributed by atoms with E-state index >= 15 is 0 Å². The van der Waals surface area contributed by atoms with Crippen molar-refractivity contribution in [2.24, 2.45) is 47.0 Å². The summed E-state index contributed by atoms with van der Waals surface area (Å²) in [6.07, 6.45) is 8.86. The second-order valence-electron chi connectivity index (χ2n) is 16.1. The predicted octanol–water partition coefficient (Wildman–Crippen LogP) is 8.30. The highest BCUT2D eigenvalue weighted by Gasteiger charge is 2.70. The summed E-state index contributed by atoms with van der Waals surface area (Å²) in [5.41, 5.74) is 8.29. The molecule has 248 valence electrons.